The van der Waals surface area contributed by atoms with E-state index >= 15 is 0 Å². The van der Waals surface area contributed by atoms with E-state index in [-0.39, 0.29) is 11.0 Å². The lowest BCUT2D eigenvalue weighted by atomic mass is 9.83. The van der Waals surface area contributed by atoms with E-state index in [0.717, 1.165) is 34.1 Å². The van der Waals surface area contributed by atoms with E-state index in [1.807, 2.05) is 30.4 Å². The van der Waals surface area contributed by atoms with Crippen molar-refractivity contribution in [1.82, 2.24) is 4.98 Å². The third-order valence-corrected chi connectivity index (χ3v) is 6.34. The highest BCUT2D eigenvalue weighted by Crippen LogP contribution is 2.38. The van der Waals surface area contributed by atoms with Crippen molar-refractivity contribution in [3.8, 4) is 22.8 Å². The van der Waals surface area contributed by atoms with Gasteiger partial charge in [0.25, 0.3) is 5.56 Å². The number of anilines is 1. The number of ether oxygens (including phenoxy) is 3. The minimum atomic E-state index is -3.41. The Labute approximate surface area is 218 Å². The Morgan fingerprint density at radius 2 is 1.65 bits per heavy atom. The fourth-order valence-electron chi connectivity index (χ4n) is 4.02. The van der Waals surface area contributed by atoms with Gasteiger partial charge in [0, 0.05) is 29.5 Å². The van der Waals surface area contributed by atoms with Crippen molar-refractivity contribution >= 4 is 27.9 Å². The average molecular weight is 527 g/mol. The van der Waals surface area contributed by atoms with Crippen molar-refractivity contribution in [2.45, 2.75) is 32.8 Å². The van der Waals surface area contributed by atoms with Gasteiger partial charge in [-0.25, -0.2) is 8.42 Å². The van der Waals surface area contributed by atoms with Gasteiger partial charge in [0.1, 0.15) is 5.75 Å². The molecule has 37 heavy (non-hydrogen) atoms. The summed E-state index contributed by atoms with van der Waals surface area (Å²) in [6.45, 7) is 6.56. The number of H-pyrrole nitrogens is 1. The first-order chi connectivity index (χ1) is 17.4. The van der Waals surface area contributed by atoms with Crippen molar-refractivity contribution in [1.29, 1.82) is 0 Å². The molecule has 9 heteroatoms. The number of hydrogen-bond donors (Lipinski definition) is 2. The van der Waals surface area contributed by atoms with Gasteiger partial charge in [-0.3, -0.25) is 14.5 Å². The van der Waals surface area contributed by atoms with Crippen LogP contribution in [0.4, 0.5) is 5.69 Å². The number of methoxy groups -OCH3 is 3. The third-order valence-electron chi connectivity index (χ3n) is 5.73. The van der Waals surface area contributed by atoms with Crippen LogP contribution < -0.4 is 19.8 Å². The van der Waals surface area contributed by atoms with Crippen LogP contribution in [0.1, 0.15) is 43.0 Å². The Morgan fingerprint density at radius 3 is 2.22 bits per heavy atom. The van der Waals surface area contributed by atoms with Gasteiger partial charge in [-0.05, 0) is 58.5 Å². The Balaban J connectivity index is 2.16. The van der Waals surface area contributed by atoms with Crippen molar-refractivity contribution in [3.63, 3.8) is 0 Å². The molecule has 0 amide bonds. The second-order valence-electron chi connectivity index (χ2n) is 9.72. The summed E-state index contributed by atoms with van der Waals surface area (Å²) < 4.78 is 42.1. The molecule has 0 aliphatic heterocycles. The summed E-state index contributed by atoms with van der Waals surface area (Å²) in [6, 6.07) is 12.6. The van der Waals surface area contributed by atoms with Gasteiger partial charge in [-0.15, -0.1) is 0 Å². The molecule has 0 radical (unpaired) electrons. The van der Waals surface area contributed by atoms with Crippen LogP contribution in [0.15, 0.2) is 47.3 Å². The van der Waals surface area contributed by atoms with Crippen molar-refractivity contribution in [3.05, 3.63) is 75.1 Å². The van der Waals surface area contributed by atoms with Crippen molar-refractivity contribution < 1.29 is 22.6 Å². The van der Waals surface area contributed by atoms with Gasteiger partial charge >= 0.3 is 0 Å². The lowest BCUT2D eigenvalue weighted by Crippen LogP contribution is -2.15. The van der Waals surface area contributed by atoms with E-state index in [2.05, 4.69) is 30.5 Å². The second kappa shape index (κ2) is 11.2. The fraction of sp³-hybridized carbons (Fsp3) is 0.321. The highest BCUT2D eigenvalue weighted by molar-refractivity contribution is 7.92. The van der Waals surface area contributed by atoms with Crippen LogP contribution in [0, 0.1) is 0 Å². The highest BCUT2D eigenvalue weighted by Gasteiger charge is 2.23. The van der Waals surface area contributed by atoms with Gasteiger partial charge < -0.3 is 14.2 Å². The average Bonchev–Trinajstić information content (AvgIpc) is 2.81. The summed E-state index contributed by atoms with van der Waals surface area (Å²) in [5, 5.41) is 0. The zero-order valence-corrected chi connectivity index (χ0v) is 23.1. The maximum atomic E-state index is 12.8. The molecule has 0 aliphatic rings. The number of rotatable bonds is 9. The third kappa shape index (κ3) is 7.02. The quantitative estimate of drug-likeness (QED) is 0.378. The first-order valence-corrected chi connectivity index (χ1v) is 13.5. The standard InChI is InChI=1S/C28H34N2O6S/c1-28(2,3)24-16-20(23-12-13-25(35-5)29-27(23)31)14-19(26(24)36-6)9-8-18-10-11-22(30-37(7,32)33)15-21(18)17-34-4/h8-16,30H,17H2,1-7H3,(H,29,31)/b9-8+. The van der Waals surface area contributed by atoms with Gasteiger partial charge in [0.15, 0.2) is 5.88 Å². The number of aromatic nitrogens is 1. The van der Waals surface area contributed by atoms with Gasteiger partial charge in [-0.1, -0.05) is 39.0 Å². The number of sulfonamides is 1. The summed E-state index contributed by atoms with van der Waals surface area (Å²) in [6.07, 6.45) is 4.95. The van der Waals surface area contributed by atoms with E-state index < -0.39 is 10.0 Å². The monoisotopic (exact) mass is 526 g/mol. The van der Waals surface area contributed by atoms with Crippen LogP contribution in [-0.2, 0) is 26.8 Å². The zero-order valence-electron chi connectivity index (χ0n) is 22.3. The normalized spacial score (nSPS) is 12.1. The molecule has 0 atom stereocenters. The Kier molecular flexibility index (Phi) is 8.50. The summed E-state index contributed by atoms with van der Waals surface area (Å²) in [7, 11) is 1.31. The maximum Gasteiger partial charge on any atom is 0.258 e. The van der Waals surface area contributed by atoms with Crippen LogP contribution >= 0.6 is 0 Å². The molecule has 2 N–H and O–H groups in total. The topological polar surface area (TPSA) is 107 Å². The number of aromatic amines is 1. The van der Waals surface area contributed by atoms with Crippen LogP contribution in [0.25, 0.3) is 23.3 Å². The summed E-state index contributed by atoms with van der Waals surface area (Å²) >= 11 is 0. The van der Waals surface area contributed by atoms with Crippen LogP contribution in [-0.4, -0.2) is 41.0 Å². The van der Waals surface area contributed by atoms with E-state index in [1.54, 1.807) is 38.5 Å². The number of hydrogen-bond acceptors (Lipinski definition) is 6. The van der Waals surface area contributed by atoms with Gasteiger partial charge in [0.05, 0.1) is 27.1 Å². The number of nitrogens with one attached hydrogen (secondary N) is 2. The fourth-order valence-corrected chi connectivity index (χ4v) is 4.58. The predicted octanol–water partition coefficient (Wildman–Crippen LogP) is 5.04. The molecule has 1 heterocycles. The Morgan fingerprint density at radius 1 is 0.946 bits per heavy atom. The van der Waals surface area contributed by atoms with Crippen molar-refractivity contribution in [2.75, 3.05) is 32.3 Å². The summed E-state index contributed by atoms with van der Waals surface area (Å²) in [5.41, 5.74) is 4.62. The number of benzene rings is 2. The molecule has 0 aliphatic carbocycles. The van der Waals surface area contributed by atoms with Crippen LogP contribution in [0.2, 0.25) is 0 Å². The molecular weight excluding hydrogens is 492 g/mol. The molecule has 0 bridgehead atoms. The first-order valence-electron chi connectivity index (χ1n) is 11.6. The zero-order chi connectivity index (χ0) is 27.4. The van der Waals surface area contributed by atoms with E-state index in [4.69, 9.17) is 14.2 Å². The molecule has 198 valence electrons. The molecule has 0 spiro atoms. The first kappa shape index (κ1) is 28.0. The molecule has 0 saturated carbocycles. The Bertz CT molecular complexity index is 1470. The SMILES string of the molecule is COCc1cc(NS(C)(=O)=O)ccc1/C=C/c1cc(-c2ccc(OC)[nH]c2=O)cc(C(C)(C)C)c1OC. The molecule has 3 rings (SSSR count). The van der Waals surface area contributed by atoms with Crippen LogP contribution in [0.3, 0.4) is 0 Å². The summed E-state index contributed by atoms with van der Waals surface area (Å²) in [5.74, 6) is 1.10. The predicted molar refractivity (Wildman–Crippen MR) is 149 cm³/mol. The highest BCUT2D eigenvalue weighted by atomic mass is 32.2. The van der Waals surface area contributed by atoms with Crippen LogP contribution in [0.5, 0.6) is 11.6 Å². The molecule has 0 fully saturated rings. The van der Waals surface area contributed by atoms with E-state index in [1.165, 1.54) is 7.11 Å². The molecule has 8 nitrogen and oxygen atoms in total. The lowest BCUT2D eigenvalue weighted by Gasteiger charge is -2.24. The maximum absolute atomic E-state index is 12.8. The molecule has 1 aromatic heterocycles. The minimum Gasteiger partial charge on any atom is -0.496 e. The molecule has 3 aromatic rings. The molecule has 0 saturated heterocycles. The van der Waals surface area contributed by atoms with Crippen molar-refractivity contribution in [2.24, 2.45) is 0 Å². The minimum absolute atomic E-state index is 0.254. The van der Waals surface area contributed by atoms with Gasteiger partial charge in [-0.2, -0.15) is 0 Å². The summed E-state index contributed by atoms with van der Waals surface area (Å²) in [4.78, 5) is 15.5. The second-order valence-corrected chi connectivity index (χ2v) is 11.5. The molecule has 2 aromatic carbocycles. The smallest absolute Gasteiger partial charge is 0.258 e. The van der Waals surface area contributed by atoms with Gasteiger partial charge in [0.2, 0.25) is 10.0 Å². The van der Waals surface area contributed by atoms with E-state index in [9.17, 15) is 13.2 Å². The molecule has 0 unspecified atom stereocenters. The number of pyridine rings is 1. The largest absolute Gasteiger partial charge is 0.496 e. The lowest BCUT2D eigenvalue weighted by molar-refractivity contribution is 0.185. The van der Waals surface area contributed by atoms with E-state index in [0.29, 0.717) is 29.5 Å². The Hall–Kier alpha value is -3.56. The molecular formula is C28H34N2O6S.